The second kappa shape index (κ2) is 7.79. The first-order valence-electron chi connectivity index (χ1n) is 9.59. The Kier molecular flexibility index (Phi) is 5.46. The minimum absolute atomic E-state index is 0.0198. The van der Waals surface area contributed by atoms with Gasteiger partial charge in [0.25, 0.3) is 0 Å². The predicted octanol–water partition coefficient (Wildman–Crippen LogP) is 2.82. The molecule has 2 aromatic carbocycles. The number of rotatable bonds is 5. The third-order valence-corrected chi connectivity index (χ3v) is 8.57. The minimum atomic E-state index is -4.22. The molecule has 3 atom stereocenters. The van der Waals surface area contributed by atoms with E-state index in [2.05, 4.69) is 0 Å². The molecule has 0 bridgehead atoms. The van der Waals surface area contributed by atoms with Crippen LogP contribution >= 0.6 is 0 Å². The topological polar surface area (TPSA) is 82.1 Å². The largest absolute Gasteiger partial charge is 0.497 e. The maximum Gasteiger partial charge on any atom is 0.189 e. The number of hydrogen-bond acceptors (Lipinski definition) is 6. The fourth-order valence-electron chi connectivity index (χ4n) is 4.60. The number of benzene rings is 2. The minimum Gasteiger partial charge on any atom is -0.497 e. The molecule has 0 amide bonds. The lowest BCUT2D eigenvalue weighted by molar-refractivity contribution is -0.0806. The Morgan fingerprint density at radius 3 is 2.53 bits per heavy atom. The van der Waals surface area contributed by atoms with Gasteiger partial charge < -0.3 is 19.3 Å². The Balaban J connectivity index is 1.99. The van der Waals surface area contributed by atoms with Crippen LogP contribution in [0.2, 0.25) is 0 Å². The van der Waals surface area contributed by atoms with Gasteiger partial charge in [-0.15, -0.1) is 0 Å². The summed E-state index contributed by atoms with van der Waals surface area (Å²) in [7, 11) is -2.76. The second-order valence-corrected chi connectivity index (χ2v) is 9.60. The zero-order valence-electron chi connectivity index (χ0n) is 16.3. The number of aliphatic hydroxyl groups excluding tert-OH is 1. The lowest BCUT2D eigenvalue weighted by Gasteiger charge is -2.50. The Bertz CT molecular complexity index is 1040. The predicted molar refractivity (Wildman–Crippen MR) is 103 cm³/mol. The van der Waals surface area contributed by atoms with Crippen molar-refractivity contribution in [1.82, 2.24) is 0 Å². The fourth-order valence-corrected chi connectivity index (χ4v) is 6.95. The summed E-state index contributed by atoms with van der Waals surface area (Å²) in [5.74, 6) is -2.41. The van der Waals surface area contributed by atoms with Gasteiger partial charge in [0.15, 0.2) is 21.4 Å². The van der Waals surface area contributed by atoms with E-state index in [1.165, 1.54) is 31.4 Å². The maximum atomic E-state index is 15.1. The molecule has 1 saturated heterocycles. The van der Waals surface area contributed by atoms with E-state index in [4.69, 9.17) is 14.2 Å². The molecule has 9 heteroatoms. The molecule has 162 valence electrons. The van der Waals surface area contributed by atoms with Crippen LogP contribution in [0, 0.1) is 17.6 Å². The highest BCUT2D eigenvalue weighted by Gasteiger charge is 2.61. The van der Waals surface area contributed by atoms with Crippen LogP contribution in [-0.2, 0) is 19.3 Å². The standard InChI is InChI=1S/C21H22F2O6S/c1-27-13-2-4-14(5-3-13)30(25,26)21-9-11-28-18(8-10-24)15(21)12-29-20-17(23)7-6-16(22)19(20)21/h2-7,15,18,24H,8-12H2,1H3/t15?,18-,21-/m0/s1. The fraction of sp³-hybridized carbons (Fsp3) is 0.429. The third kappa shape index (κ3) is 2.99. The van der Waals surface area contributed by atoms with E-state index >= 15 is 4.39 Å². The lowest BCUT2D eigenvalue weighted by atomic mass is 9.75. The second-order valence-electron chi connectivity index (χ2n) is 7.39. The first-order chi connectivity index (χ1) is 14.4. The van der Waals surface area contributed by atoms with Gasteiger partial charge >= 0.3 is 0 Å². The van der Waals surface area contributed by atoms with E-state index in [0.29, 0.717) is 5.75 Å². The number of fused-ring (bicyclic) bond motifs is 3. The van der Waals surface area contributed by atoms with E-state index in [1.807, 2.05) is 0 Å². The molecule has 1 unspecified atom stereocenters. The zero-order valence-corrected chi connectivity index (χ0v) is 17.1. The van der Waals surface area contributed by atoms with Gasteiger partial charge in [-0.25, -0.2) is 17.2 Å². The Morgan fingerprint density at radius 2 is 1.87 bits per heavy atom. The molecule has 0 spiro atoms. The van der Waals surface area contributed by atoms with Gasteiger partial charge in [0.05, 0.1) is 30.3 Å². The van der Waals surface area contributed by atoms with E-state index in [9.17, 15) is 17.9 Å². The molecular formula is C21H22F2O6S. The number of halogens is 2. The molecule has 30 heavy (non-hydrogen) atoms. The lowest BCUT2D eigenvalue weighted by Crippen LogP contribution is -2.57. The van der Waals surface area contributed by atoms with Gasteiger partial charge in [0.2, 0.25) is 0 Å². The van der Waals surface area contributed by atoms with Crippen molar-refractivity contribution in [2.45, 2.75) is 28.6 Å². The highest BCUT2D eigenvalue weighted by molar-refractivity contribution is 7.92. The van der Waals surface area contributed by atoms with Gasteiger partial charge in [0, 0.05) is 19.1 Å². The van der Waals surface area contributed by atoms with Crippen molar-refractivity contribution in [3.63, 3.8) is 0 Å². The van der Waals surface area contributed by atoms with Gasteiger partial charge in [-0.1, -0.05) is 0 Å². The normalized spacial score (nSPS) is 25.7. The molecular weight excluding hydrogens is 418 g/mol. The molecule has 0 saturated carbocycles. The van der Waals surface area contributed by atoms with Crippen molar-refractivity contribution in [2.75, 3.05) is 26.9 Å². The first-order valence-corrected chi connectivity index (χ1v) is 11.1. The molecule has 2 aliphatic heterocycles. The quantitative estimate of drug-likeness (QED) is 0.770. The molecule has 1 fully saturated rings. The maximum absolute atomic E-state index is 15.1. The number of sulfone groups is 1. The number of ether oxygens (including phenoxy) is 3. The molecule has 0 aromatic heterocycles. The summed E-state index contributed by atoms with van der Waals surface area (Å²) in [6.45, 7) is -0.391. The van der Waals surface area contributed by atoms with Gasteiger partial charge in [-0.2, -0.15) is 0 Å². The third-order valence-electron chi connectivity index (χ3n) is 6.01. The van der Waals surface area contributed by atoms with Crippen LogP contribution in [0.15, 0.2) is 41.3 Å². The highest BCUT2D eigenvalue weighted by atomic mass is 32.2. The SMILES string of the molecule is COc1ccc(S(=O)(=O)[C@@]23CCO[C@@H](CCO)C2COc2c(F)ccc(F)c23)cc1. The molecule has 0 aliphatic carbocycles. The van der Waals surface area contributed by atoms with Crippen LogP contribution < -0.4 is 9.47 Å². The zero-order chi connectivity index (χ0) is 21.5. The van der Waals surface area contributed by atoms with Crippen LogP contribution in [0.1, 0.15) is 18.4 Å². The van der Waals surface area contributed by atoms with Crippen molar-refractivity contribution < 1.29 is 36.5 Å². The molecule has 0 radical (unpaired) electrons. The van der Waals surface area contributed by atoms with Crippen LogP contribution in [0.3, 0.4) is 0 Å². The number of aliphatic hydroxyl groups is 1. The van der Waals surface area contributed by atoms with Crippen molar-refractivity contribution in [3.8, 4) is 11.5 Å². The molecule has 6 nitrogen and oxygen atoms in total. The average Bonchev–Trinajstić information content (AvgIpc) is 2.76. The monoisotopic (exact) mass is 440 g/mol. The van der Waals surface area contributed by atoms with E-state index in [-0.39, 0.29) is 48.9 Å². The van der Waals surface area contributed by atoms with Crippen molar-refractivity contribution >= 4 is 9.84 Å². The Labute approximate surface area is 173 Å². The summed E-state index contributed by atoms with van der Waals surface area (Å²) < 4.78 is 72.2. The molecule has 2 heterocycles. The molecule has 1 N–H and O–H groups in total. The molecule has 2 aliphatic rings. The van der Waals surface area contributed by atoms with Crippen LogP contribution in [0.4, 0.5) is 8.78 Å². The van der Waals surface area contributed by atoms with Crippen LogP contribution in [0.25, 0.3) is 0 Å². The summed E-state index contributed by atoms with van der Waals surface area (Å²) >= 11 is 0. The Morgan fingerprint density at radius 1 is 1.17 bits per heavy atom. The smallest absolute Gasteiger partial charge is 0.189 e. The summed E-state index contributed by atoms with van der Waals surface area (Å²) in [6.07, 6.45) is -0.599. The highest BCUT2D eigenvalue weighted by Crippen LogP contribution is 2.55. The summed E-state index contributed by atoms with van der Waals surface area (Å²) in [5, 5.41) is 9.45. The number of hydrogen-bond donors (Lipinski definition) is 1. The van der Waals surface area contributed by atoms with E-state index in [1.54, 1.807) is 0 Å². The van der Waals surface area contributed by atoms with Crippen molar-refractivity contribution in [1.29, 1.82) is 0 Å². The Hall–Kier alpha value is -2.23. The van der Waals surface area contributed by atoms with Gasteiger partial charge in [0.1, 0.15) is 16.3 Å². The summed E-state index contributed by atoms with van der Waals surface area (Å²) in [6, 6.07) is 7.64. The van der Waals surface area contributed by atoms with Crippen molar-refractivity contribution in [3.05, 3.63) is 53.6 Å². The van der Waals surface area contributed by atoms with E-state index < -0.39 is 38.2 Å². The average molecular weight is 440 g/mol. The molecule has 4 rings (SSSR count). The number of methoxy groups -OCH3 is 1. The molecule has 2 aromatic rings. The van der Waals surface area contributed by atoms with Crippen LogP contribution in [-0.4, -0.2) is 46.6 Å². The summed E-state index contributed by atoms with van der Waals surface area (Å²) in [4.78, 5) is -0.0329. The van der Waals surface area contributed by atoms with Crippen LogP contribution in [0.5, 0.6) is 11.5 Å². The van der Waals surface area contributed by atoms with Gasteiger partial charge in [-0.05, 0) is 49.2 Å². The van der Waals surface area contributed by atoms with E-state index in [0.717, 1.165) is 12.1 Å². The van der Waals surface area contributed by atoms with Crippen molar-refractivity contribution in [2.24, 2.45) is 5.92 Å². The van der Waals surface area contributed by atoms with Gasteiger partial charge in [-0.3, -0.25) is 0 Å². The summed E-state index contributed by atoms with van der Waals surface area (Å²) in [5.41, 5.74) is -0.305. The first kappa shape index (κ1) is 21.0.